The van der Waals surface area contributed by atoms with Crippen LogP contribution in [0.4, 0.5) is 5.13 Å². The van der Waals surface area contributed by atoms with E-state index in [-0.39, 0.29) is 5.91 Å². The largest absolute Gasteiger partial charge is 0.492 e. The van der Waals surface area contributed by atoms with Gasteiger partial charge in [0.1, 0.15) is 5.75 Å². The molecule has 0 N–H and O–H groups in total. The highest BCUT2D eigenvalue weighted by atomic mass is 32.2. The molecule has 0 aliphatic heterocycles. The molecule has 1 heterocycles. The van der Waals surface area contributed by atoms with Crippen LogP contribution in [0.5, 0.6) is 5.75 Å². The number of hydrogen-bond donors (Lipinski definition) is 0. The van der Waals surface area contributed by atoms with Crippen LogP contribution in [-0.2, 0) is 4.79 Å². The van der Waals surface area contributed by atoms with Gasteiger partial charge in [-0.15, -0.1) is 10.2 Å². The van der Waals surface area contributed by atoms with Crippen molar-refractivity contribution in [2.24, 2.45) is 0 Å². The van der Waals surface area contributed by atoms with Crippen LogP contribution in [0.15, 0.2) is 28.6 Å². The van der Waals surface area contributed by atoms with Crippen molar-refractivity contribution in [1.82, 2.24) is 10.2 Å². The van der Waals surface area contributed by atoms with E-state index in [1.807, 2.05) is 31.2 Å². The Morgan fingerprint density at radius 3 is 2.87 bits per heavy atom. The third kappa shape index (κ3) is 4.23. The lowest BCUT2D eigenvalue weighted by atomic mass is 10.2. The maximum Gasteiger partial charge on any atom is 0.225 e. The minimum Gasteiger partial charge on any atom is -0.492 e. The number of aryl methyl sites for hydroxylation is 1. The van der Waals surface area contributed by atoms with Crippen molar-refractivity contribution in [3.8, 4) is 5.75 Å². The summed E-state index contributed by atoms with van der Waals surface area (Å²) in [6, 6.07) is 8.31. The molecular weight excluding hydrogens is 330 g/mol. The number of nitrogens with zero attached hydrogens (tertiary/aromatic N) is 3. The van der Waals surface area contributed by atoms with E-state index in [1.54, 1.807) is 23.6 Å². The van der Waals surface area contributed by atoms with Gasteiger partial charge in [-0.05, 0) is 31.4 Å². The summed E-state index contributed by atoms with van der Waals surface area (Å²) < 4.78 is 6.65. The molecule has 0 atom stereocenters. The van der Waals surface area contributed by atoms with Crippen LogP contribution in [0.2, 0.25) is 0 Å². The highest BCUT2D eigenvalue weighted by Gasteiger charge is 2.34. The van der Waals surface area contributed by atoms with Crippen molar-refractivity contribution in [2.75, 3.05) is 17.3 Å². The van der Waals surface area contributed by atoms with Crippen LogP contribution in [0.1, 0.15) is 25.3 Å². The van der Waals surface area contributed by atoms with Gasteiger partial charge in [-0.3, -0.25) is 9.69 Å². The quantitative estimate of drug-likeness (QED) is 0.435. The van der Waals surface area contributed by atoms with Gasteiger partial charge >= 0.3 is 0 Å². The molecule has 0 bridgehead atoms. The molecule has 23 heavy (non-hydrogen) atoms. The molecule has 1 saturated carbocycles. The smallest absolute Gasteiger partial charge is 0.225 e. The van der Waals surface area contributed by atoms with E-state index in [0.717, 1.165) is 34.2 Å². The van der Waals surface area contributed by atoms with Crippen LogP contribution in [0.3, 0.4) is 0 Å². The molecular formula is C16H19N3O2S2. The van der Waals surface area contributed by atoms with Gasteiger partial charge in [0.2, 0.25) is 11.0 Å². The molecule has 7 heteroatoms. The van der Waals surface area contributed by atoms with E-state index in [2.05, 4.69) is 10.2 Å². The Balaban J connectivity index is 1.49. The first-order valence-electron chi connectivity index (χ1n) is 7.59. The van der Waals surface area contributed by atoms with E-state index < -0.39 is 0 Å². The van der Waals surface area contributed by atoms with Crippen molar-refractivity contribution >= 4 is 34.1 Å². The molecule has 1 amide bonds. The van der Waals surface area contributed by atoms with Crippen LogP contribution < -0.4 is 9.64 Å². The first-order chi connectivity index (χ1) is 11.1. The number of para-hydroxylation sites is 1. The summed E-state index contributed by atoms with van der Waals surface area (Å²) >= 11 is 3.09. The maximum atomic E-state index is 11.7. The second kappa shape index (κ2) is 7.31. The second-order valence-corrected chi connectivity index (χ2v) is 7.73. The Labute approximate surface area is 144 Å². The highest BCUT2D eigenvalue weighted by Crippen LogP contribution is 2.35. The van der Waals surface area contributed by atoms with Gasteiger partial charge in [0.05, 0.1) is 6.61 Å². The van der Waals surface area contributed by atoms with E-state index in [1.165, 1.54) is 11.3 Å². The predicted molar refractivity (Wildman–Crippen MR) is 93.5 cm³/mol. The van der Waals surface area contributed by atoms with Crippen molar-refractivity contribution < 1.29 is 9.53 Å². The van der Waals surface area contributed by atoms with E-state index in [0.29, 0.717) is 17.8 Å². The maximum absolute atomic E-state index is 11.7. The van der Waals surface area contributed by atoms with Gasteiger partial charge in [0.15, 0.2) is 4.34 Å². The summed E-state index contributed by atoms with van der Waals surface area (Å²) in [5.41, 5.74) is 1.14. The van der Waals surface area contributed by atoms with Gasteiger partial charge < -0.3 is 4.74 Å². The van der Waals surface area contributed by atoms with E-state index in [4.69, 9.17) is 4.74 Å². The molecule has 1 fully saturated rings. The normalized spacial score (nSPS) is 13.8. The fourth-order valence-electron chi connectivity index (χ4n) is 2.24. The molecule has 0 unspecified atom stereocenters. The van der Waals surface area contributed by atoms with Gasteiger partial charge in [-0.1, -0.05) is 41.3 Å². The number of amides is 1. The summed E-state index contributed by atoms with van der Waals surface area (Å²) in [7, 11) is 0. The third-order valence-electron chi connectivity index (χ3n) is 3.51. The molecule has 2 aromatic rings. The van der Waals surface area contributed by atoms with Crippen LogP contribution >= 0.6 is 23.1 Å². The monoisotopic (exact) mass is 349 g/mol. The second-order valence-electron chi connectivity index (χ2n) is 5.43. The van der Waals surface area contributed by atoms with Crippen molar-refractivity contribution in [3.05, 3.63) is 29.8 Å². The zero-order valence-electron chi connectivity index (χ0n) is 13.2. The Kier molecular flexibility index (Phi) is 5.17. The van der Waals surface area contributed by atoms with Gasteiger partial charge in [-0.25, -0.2) is 0 Å². The van der Waals surface area contributed by atoms with Crippen molar-refractivity contribution in [1.29, 1.82) is 0 Å². The van der Waals surface area contributed by atoms with Crippen LogP contribution in [-0.4, -0.2) is 34.5 Å². The first-order valence-corrected chi connectivity index (χ1v) is 9.40. The average molecular weight is 349 g/mol. The molecule has 122 valence electrons. The zero-order chi connectivity index (χ0) is 16.2. The summed E-state index contributed by atoms with van der Waals surface area (Å²) in [4.78, 5) is 13.5. The van der Waals surface area contributed by atoms with Crippen molar-refractivity contribution in [3.63, 3.8) is 0 Å². The Morgan fingerprint density at radius 1 is 1.39 bits per heavy atom. The SMILES string of the molecule is CC(=O)N(c1nnc(SCCOc2ccccc2C)s1)C1CC1. The van der Waals surface area contributed by atoms with Gasteiger partial charge in [0, 0.05) is 18.7 Å². The molecule has 5 nitrogen and oxygen atoms in total. The topological polar surface area (TPSA) is 55.3 Å². The number of thioether (sulfide) groups is 1. The number of ether oxygens (including phenoxy) is 1. The number of aromatic nitrogens is 2. The van der Waals surface area contributed by atoms with Crippen molar-refractivity contribution in [2.45, 2.75) is 37.1 Å². The minimum atomic E-state index is 0.0445. The van der Waals surface area contributed by atoms with Crippen LogP contribution in [0, 0.1) is 6.92 Å². The fraction of sp³-hybridized carbons (Fsp3) is 0.438. The Bertz CT molecular complexity index is 685. The summed E-state index contributed by atoms with van der Waals surface area (Å²) in [6.07, 6.45) is 2.12. The lowest BCUT2D eigenvalue weighted by Gasteiger charge is -2.15. The average Bonchev–Trinajstić information content (AvgIpc) is 3.24. The minimum absolute atomic E-state index is 0.0445. The molecule has 1 aromatic carbocycles. The standard InChI is InChI=1S/C16H19N3O2S2/c1-11-5-3-4-6-14(11)21-9-10-22-16-18-17-15(23-16)19(12(2)20)13-7-8-13/h3-6,13H,7-10H2,1-2H3. The lowest BCUT2D eigenvalue weighted by Crippen LogP contribution is -2.30. The molecule has 0 radical (unpaired) electrons. The highest BCUT2D eigenvalue weighted by molar-refractivity contribution is 8.01. The summed E-state index contributed by atoms with van der Waals surface area (Å²) in [5.74, 6) is 1.76. The number of hydrogen-bond acceptors (Lipinski definition) is 6. The molecule has 3 rings (SSSR count). The molecule has 1 aromatic heterocycles. The zero-order valence-corrected chi connectivity index (χ0v) is 14.8. The molecule has 0 saturated heterocycles. The predicted octanol–water partition coefficient (Wildman–Crippen LogP) is 3.53. The third-order valence-corrected chi connectivity index (χ3v) is 5.53. The molecule has 1 aliphatic rings. The Morgan fingerprint density at radius 2 is 2.17 bits per heavy atom. The number of carbonyl (C=O) groups excluding carboxylic acids is 1. The summed E-state index contributed by atoms with van der Waals surface area (Å²) in [6.45, 7) is 4.24. The fourth-order valence-corrected chi connectivity index (χ4v) is 4.08. The van der Waals surface area contributed by atoms with E-state index in [9.17, 15) is 4.79 Å². The van der Waals surface area contributed by atoms with Gasteiger partial charge in [-0.2, -0.15) is 0 Å². The molecule has 1 aliphatic carbocycles. The summed E-state index contributed by atoms with van der Waals surface area (Å²) in [5, 5.41) is 9.05. The first kappa shape index (κ1) is 16.3. The molecule has 0 spiro atoms. The number of carbonyl (C=O) groups is 1. The van der Waals surface area contributed by atoms with Crippen LogP contribution in [0.25, 0.3) is 0 Å². The Hall–Kier alpha value is -1.60. The van der Waals surface area contributed by atoms with Gasteiger partial charge in [0.25, 0.3) is 0 Å². The number of rotatable bonds is 7. The van der Waals surface area contributed by atoms with E-state index >= 15 is 0 Å². The number of anilines is 1. The lowest BCUT2D eigenvalue weighted by molar-refractivity contribution is -0.116. The number of benzene rings is 1.